The van der Waals surface area contributed by atoms with Gasteiger partial charge in [-0.3, -0.25) is 4.79 Å². The minimum Gasteiger partial charge on any atom is -0.353 e. The van der Waals surface area contributed by atoms with Crippen molar-refractivity contribution in [2.24, 2.45) is 17.8 Å². The molecular formula is C17H20FNO. The SMILES string of the molecule is O=C(NC(C1CC1)C1CC1)[C@@H]1C[C@H]1c1ccc(F)cc1. The van der Waals surface area contributed by atoms with Crippen molar-refractivity contribution < 1.29 is 9.18 Å². The zero-order chi connectivity index (χ0) is 13.7. The summed E-state index contributed by atoms with van der Waals surface area (Å²) in [6, 6.07) is 7.04. The van der Waals surface area contributed by atoms with Crippen LogP contribution in [0.25, 0.3) is 0 Å². The molecule has 0 saturated heterocycles. The van der Waals surface area contributed by atoms with Gasteiger partial charge in [-0.05, 0) is 67.6 Å². The Bertz CT molecular complexity index is 506. The van der Waals surface area contributed by atoms with E-state index in [9.17, 15) is 9.18 Å². The number of hydrogen-bond donors (Lipinski definition) is 1. The van der Waals surface area contributed by atoms with E-state index in [4.69, 9.17) is 0 Å². The molecule has 3 aliphatic rings. The van der Waals surface area contributed by atoms with E-state index in [1.807, 2.05) is 12.1 Å². The van der Waals surface area contributed by atoms with E-state index >= 15 is 0 Å². The largest absolute Gasteiger partial charge is 0.353 e. The van der Waals surface area contributed by atoms with E-state index in [0.717, 1.165) is 23.8 Å². The first kappa shape index (κ1) is 12.4. The second kappa shape index (κ2) is 4.57. The minimum atomic E-state index is -0.210. The van der Waals surface area contributed by atoms with Gasteiger partial charge >= 0.3 is 0 Å². The van der Waals surface area contributed by atoms with Crippen LogP contribution in [0.5, 0.6) is 0 Å². The number of halogens is 1. The van der Waals surface area contributed by atoms with Gasteiger partial charge in [-0.2, -0.15) is 0 Å². The quantitative estimate of drug-likeness (QED) is 0.876. The molecule has 0 aliphatic heterocycles. The first-order chi connectivity index (χ1) is 9.72. The van der Waals surface area contributed by atoms with Gasteiger partial charge in [-0.15, -0.1) is 0 Å². The Hall–Kier alpha value is -1.38. The molecule has 4 rings (SSSR count). The number of amides is 1. The molecule has 0 heterocycles. The van der Waals surface area contributed by atoms with Crippen LogP contribution in [-0.4, -0.2) is 11.9 Å². The summed E-state index contributed by atoms with van der Waals surface area (Å²) in [5.74, 6) is 1.92. The van der Waals surface area contributed by atoms with Crippen molar-refractivity contribution in [3.05, 3.63) is 35.6 Å². The Morgan fingerprint density at radius 2 is 1.70 bits per heavy atom. The summed E-state index contributed by atoms with van der Waals surface area (Å²) >= 11 is 0. The zero-order valence-electron chi connectivity index (χ0n) is 11.5. The third-order valence-electron chi connectivity index (χ3n) is 4.99. The van der Waals surface area contributed by atoms with Gasteiger partial charge in [-0.1, -0.05) is 12.1 Å². The number of rotatable bonds is 5. The minimum absolute atomic E-state index is 0.112. The fourth-order valence-corrected chi connectivity index (χ4v) is 3.37. The molecule has 0 unspecified atom stereocenters. The summed E-state index contributed by atoms with van der Waals surface area (Å²) in [4.78, 5) is 12.3. The van der Waals surface area contributed by atoms with Crippen LogP contribution in [0.1, 0.15) is 43.6 Å². The van der Waals surface area contributed by atoms with Crippen LogP contribution in [0, 0.1) is 23.6 Å². The number of carbonyl (C=O) groups is 1. The van der Waals surface area contributed by atoms with Gasteiger partial charge in [0, 0.05) is 12.0 Å². The molecule has 2 atom stereocenters. The topological polar surface area (TPSA) is 29.1 Å². The lowest BCUT2D eigenvalue weighted by molar-refractivity contribution is -0.123. The monoisotopic (exact) mass is 273 g/mol. The molecule has 0 aromatic heterocycles. The third kappa shape index (κ3) is 2.46. The van der Waals surface area contributed by atoms with Crippen LogP contribution in [0.3, 0.4) is 0 Å². The summed E-state index contributed by atoms with van der Waals surface area (Å²) in [6.45, 7) is 0. The molecule has 3 saturated carbocycles. The Morgan fingerprint density at radius 3 is 2.25 bits per heavy atom. The summed E-state index contributed by atoms with van der Waals surface area (Å²) in [6.07, 6.45) is 6.06. The standard InChI is InChI=1S/C17H20FNO/c18-13-7-5-10(6-8-13)14-9-15(14)17(20)19-16(11-1-2-11)12-3-4-12/h5-8,11-12,14-16H,1-4,9H2,(H,19,20)/t14-,15+/m0/s1. The lowest BCUT2D eigenvalue weighted by Gasteiger charge is -2.17. The average molecular weight is 273 g/mol. The molecule has 2 nitrogen and oxygen atoms in total. The Labute approximate surface area is 118 Å². The first-order valence-electron chi connectivity index (χ1n) is 7.78. The van der Waals surface area contributed by atoms with Gasteiger partial charge in [0.25, 0.3) is 0 Å². The van der Waals surface area contributed by atoms with Crippen molar-refractivity contribution in [1.29, 1.82) is 0 Å². The molecule has 1 aromatic rings. The predicted molar refractivity (Wildman–Crippen MR) is 74.6 cm³/mol. The van der Waals surface area contributed by atoms with E-state index in [-0.39, 0.29) is 17.6 Å². The number of benzene rings is 1. The van der Waals surface area contributed by atoms with Gasteiger partial charge in [0.1, 0.15) is 5.82 Å². The molecule has 106 valence electrons. The molecule has 3 fully saturated rings. The van der Waals surface area contributed by atoms with Gasteiger partial charge in [-0.25, -0.2) is 4.39 Å². The fourth-order valence-electron chi connectivity index (χ4n) is 3.37. The van der Waals surface area contributed by atoms with Crippen LogP contribution in [0.15, 0.2) is 24.3 Å². The molecule has 3 heteroatoms. The number of carbonyl (C=O) groups excluding carboxylic acids is 1. The van der Waals surface area contributed by atoms with E-state index in [1.165, 1.54) is 37.8 Å². The Balaban J connectivity index is 1.37. The van der Waals surface area contributed by atoms with Crippen molar-refractivity contribution in [2.45, 2.75) is 44.1 Å². The molecule has 0 bridgehead atoms. The fraction of sp³-hybridized carbons (Fsp3) is 0.588. The Morgan fingerprint density at radius 1 is 1.10 bits per heavy atom. The van der Waals surface area contributed by atoms with E-state index < -0.39 is 0 Å². The maximum Gasteiger partial charge on any atom is 0.223 e. The van der Waals surface area contributed by atoms with Crippen molar-refractivity contribution in [2.75, 3.05) is 0 Å². The zero-order valence-corrected chi connectivity index (χ0v) is 11.5. The van der Waals surface area contributed by atoms with Crippen molar-refractivity contribution in [1.82, 2.24) is 5.32 Å². The van der Waals surface area contributed by atoms with Gasteiger partial charge < -0.3 is 5.32 Å². The Kier molecular flexibility index (Phi) is 2.83. The smallest absolute Gasteiger partial charge is 0.223 e. The van der Waals surface area contributed by atoms with E-state index in [0.29, 0.717) is 12.0 Å². The molecule has 3 aliphatic carbocycles. The highest BCUT2D eigenvalue weighted by molar-refractivity contribution is 5.83. The molecule has 1 aromatic carbocycles. The van der Waals surface area contributed by atoms with Gasteiger partial charge in [0.2, 0.25) is 5.91 Å². The van der Waals surface area contributed by atoms with Crippen molar-refractivity contribution >= 4 is 5.91 Å². The summed E-state index contributed by atoms with van der Waals surface area (Å²) in [5.41, 5.74) is 1.10. The molecule has 1 N–H and O–H groups in total. The predicted octanol–water partition coefficient (Wildman–Crippen LogP) is 3.23. The maximum atomic E-state index is 12.9. The molecule has 20 heavy (non-hydrogen) atoms. The molecule has 0 radical (unpaired) electrons. The number of nitrogens with one attached hydrogen (secondary N) is 1. The average Bonchev–Trinajstić information content (AvgIpc) is 3.27. The highest BCUT2D eigenvalue weighted by Crippen LogP contribution is 2.49. The van der Waals surface area contributed by atoms with E-state index in [1.54, 1.807) is 0 Å². The lowest BCUT2D eigenvalue weighted by Crippen LogP contribution is -2.39. The van der Waals surface area contributed by atoms with Crippen LogP contribution in [0.2, 0.25) is 0 Å². The molecule has 1 amide bonds. The van der Waals surface area contributed by atoms with Gasteiger partial charge in [0.05, 0.1) is 0 Å². The van der Waals surface area contributed by atoms with Gasteiger partial charge in [0.15, 0.2) is 0 Å². The second-order valence-corrected chi connectivity index (χ2v) is 6.71. The summed E-state index contributed by atoms with van der Waals surface area (Å²) < 4.78 is 12.9. The number of hydrogen-bond acceptors (Lipinski definition) is 1. The lowest BCUT2D eigenvalue weighted by atomic mass is 10.1. The summed E-state index contributed by atoms with van der Waals surface area (Å²) in [5, 5.41) is 3.30. The van der Waals surface area contributed by atoms with Crippen molar-refractivity contribution in [3.63, 3.8) is 0 Å². The van der Waals surface area contributed by atoms with Crippen LogP contribution < -0.4 is 5.32 Å². The summed E-state index contributed by atoms with van der Waals surface area (Å²) in [7, 11) is 0. The van der Waals surface area contributed by atoms with Crippen molar-refractivity contribution in [3.8, 4) is 0 Å². The highest BCUT2D eigenvalue weighted by atomic mass is 19.1. The highest BCUT2D eigenvalue weighted by Gasteiger charge is 2.47. The maximum absolute atomic E-state index is 12.9. The first-order valence-corrected chi connectivity index (χ1v) is 7.78. The van der Waals surface area contributed by atoms with E-state index in [2.05, 4.69) is 5.32 Å². The molecule has 0 spiro atoms. The van der Waals surface area contributed by atoms with Crippen LogP contribution in [-0.2, 0) is 4.79 Å². The third-order valence-corrected chi connectivity index (χ3v) is 4.99. The molecular weight excluding hydrogens is 253 g/mol. The normalized spacial score (nSPS) is 28.5. The van der Waals surface area contributed by atoms with Crippen LogP contribution in [0.4, 0.5) is 4.39 Å². The second-order valence-electron chi connectivity index (χ2n) is 6.71. The van der Waals surface area contributed by atoms with Crippen LogP contribution >= 0.6 is 0 Å².